The SMILES string of the molecule is CC(=O)c1cc(C2CCCC2)sc1N. The molecule has 0 aromatic carbocycles. The summed E-state index contributed by atoms with van der Waals surface area (Å²) in [5.74, 6) is 0.749. The topological polar surface area (TPSA) is 43.1 Å². The highest BCUT2D eigenvalue weighted by Gasteiger charge is 2.21. The summed E-state index contributed by atoms with van der Waals surface area (Å²) in [6.07, 6.45) is 5.16. The molecule has 0 radical (unpaired) electrons. The summed E-state index contributed by atoms with van der Waals surface area (Å²) in [4.78, 5) is 12.5. The molecule has 2 N–H and O–H groups in total. The van der Waals surface area contributed by atoms with Crippen LogP contribution in [0, 0.1) is 0 Å². The first-order chi connectivity index (χ1) is 6.68. The third-order valence-electron chi connectivity index (χ3n) is 2.92. The molecule has 0 aliphatic heterocycles. The maximum atomic E-state index is 11.2. The van der Waals surface area contributed by atoms with Crippen molar-refractivity contribution in [1.82, 2.24) is 0 Å². The van der Waals surface area contributed by atoms with Crippen molar-refractivity contribution in [2.45, 2.75) is 38.5 Å². The Balaban J connectivity index is 2.27. The number of rotatable bonds is 2. The molecule has 0 spiro atoms. The molecule has 1 aliphatic carbocycles. The van der Waals surface area contributed by atoms with Gasteiger partial charge in [0.1, 0.15) is 0 Å². The molecule has 1 aromatic rings. The highest BCUT2D eigenvalue weighted by atomic mass is 32.1. The fraction of sp³-hybridized carbons (Fsp3) is 0.545. The second-order valence-electron chi connectivity index (χ2n) is 3.96. The van der Waals surface area contributed by atoms with Crippen LogP contribution >= 0.6 is 11.3 Å². The number of nitrogens with two attached hydrogens (primary N) is 1. The number of Topliss-reactive ketones (excluding diaryl/α,β-unsaturated/α-hetero) is 1. The Morgan fingerprint density at radius 1 is 1.50 bits per heavy atom. The molecule has 76 valence electrons. The van der Waals surface area contributed by atoms with Gasteiger partial charge < -0.3 is 5.73 Å². The van der Waals surface area contributed by atoms with Gasteiger partial charge in [0.05, 0.1) is 10.6 Å². The lowest BCUT2D eigenvalue weighted by molar-refractivity contribution is 0.101. The van der Waals surface area contributed by atoms with Crippen LogP contribution in [-0.4, -0.2) is 5.78 Å². The first-order valence-electron chi connectivity index (χ1n) is 5.08. The number of thiophene rings is 1. The molecule has 0 saturated heterocycles. The molecule has 3 heteroatoms. The van der Waals surface area contributed by atoms with Crippen molar-refractivity contribution < 1.29 is 4.79 Å². The van der Waals surface area contributed by atoms with E-state index >= 15 is 0 Å². The molecule has 2 rings (SSSR count). The smallest absolute Gasteiger partial charge is 0.162 e. The number of anilines is 1. The van der Waals surface area contributed by atoms with Gasteiger partial charge in [-0.15, -0.1) is 11.3 Å². The van der Waals surface area contributed by atoms with E-state index in [1.807, 2.05) is 6.07 Å². The van der Waals surface area contributed by atoms with Gasteiger partial charge in [-0.2, -0.15) is 0 Å². The zero-order valence-electron chi connectivity index (χ0n) is 8.38. The van der Waals surface area contributed by atoms with Crippen LogP contribution < -0.4 is 5.73 Å². The molecule has 0 atom stereocenters. The molecule has 1 fully saturated rings. The summed E-state index contributed by atoms with van der Waals surface area (Å²) in [6, 6.07) is 2.00. The molecule has 1 aromatic heterocycles. The van der Waals surface area contributed by atoms with Gasteiger partial charge in [-0.25, -0.2) is 0 Å². The second kappa shape index (κ2) is 3.73. The minimum Gasteiger partial charge on any atom is -0.390 e. The lowest BCUT2D eigenvalue weighted by atomic mass is 10.1. The summed E-state index contributed by atoms with van der Waals surface area (Å²) < 4.78 is 0. The molecule has 1 aliphatic rings. The van der Waals surface area contributed by atoms with Crippen LogP contribution in [0.1, 0.15) is 53.8 Å². The third-order valence-corrected chi connectivity index (χ3v) is 4.04. The van der Waals surface area contributed by atoms with Crippen molar-refractivity contribution in [2.24, 2.45) is 0 Å². The van der Waals surface area contributed by atoms with Crippen LogP contribution in [-0.2, 0) is 0 Å². The largest absolute Gasteiger partial charge is 0.390 e. The van der Waals surface area contributed by atoms with Crippen molar-refractivity contribution in [2.75, 3.05) is 5.73 Å². The second-order valence-corrected chi connectivity index (χ2v) is 5.08. The van der Waals surface area contributed by atoms with Crippen LogP contribution in [0.15, 0.2) is 6.07 Å². The predicted molar refractivity (Wildman–Crippen MR) is 59.9 cm³/mol. The number of nitrogen functional groups attached to an aromatic ring is 1. The Morgan fingerprint density at radius 3 is 2.64 bits per heavy atom. The summed E-state index contributed by atoms with van der Waals surface area (Å²) in [5, 5.41) is 0.694. The van der Waals surface area contributed by atoms with Crippen LogP contribution in [0.3, 0.4) is 0 Å². The molecule has 14 heavy (non-hydrogen) atoms. The minimum absolute atomic E-state index is 0.0861. The van der Waals surface area contributed by atoms with Crippen molar-refractivity contribution in [1.29, 1.82) is 0 Å². The molecular formula is C11H15NOS. The van der Waals surface area contributed by atoms with E-state index in [2.05, 4.69) is 0 Å². The standard InChI is InChI=1S/C11H15NOS/c1-7(13)9-6-10(14-11(9)12)8-4-2-3-5-8/h6,8H,2-5,12H2,1H3. The average molecular weight is 209 g/mol. The van der Waals surface area contributed by atoms with Gasteiger partial charge in [0.2, 0.25) is 0 Å². The van der Waals surface area contributed by atoms with E-state index in [1.54, 1.807) is 18.3 Å². The van der Waals surface area contributed by atoms with E-state index in [-0.39, 0.29) is 5.78 Å². The number of hydrogen-bond acceptors (Lipinski definition) is 3. The van der Waals surface area contributed by atoms with E-state index in [0.717, 1.165) is 5.56 Å². The lowest BCUT2D eigenvalue weighted by Crippen LogP contribution is -1.93. The van der Waals surface area contributed by atoms with E-state index in [1.165, 1.54) is 30.6 Å². The number of carbonyl (C=O) groups is 1. The van der Waals surface area contributed by atoms with Gasteiger partial charge in [-0.1, -0.05) is 12.8 Å². The van der Waals surface area contributed by atoms with Gasteiger partial charge in [0, 0.05) is 4.88 Å². The van der Waals surface area contributed by atoms with Crippen molar-refractivity contribution in [3.63, 3.8) is 0 Å². The van der Waals surface area contributed by atoms with Crippen LogP contribution in [0.5, 0.6) is 0 Å². The molecule has 1 heterocycles. The molecule has 0 amide bonds. The van der Waals surface area contributed by atoms with Gasteiger partial charge >= 0.3 is 0 Å². The molecule has 0 unspecified atom stereocenters. The van der Waals surface area contributed by atoms with Crippen molar-refractivity contribution >= 4 is 22.1 Å². The Hall–Kier alpha value is -0.830. The van der Waals surface area contributed by atoms with E-state index in [4.69, 9.17) is 5.73 Å². The van der Waals surface area contributed by atoms with Gasteiger partial charge in [-0.3, -0.25) is 4.79 Å². The molecule has 0 bridgehead atoms. The normalized spacial score (nSPS) is 17.5. The first-order valence-corrected chi connectivity index (χ1v) is 5.90. The first kappa shape index (κ1) is 9.71. The number of ketones is 1. The molecule has 2 nitrogen and oxygen atoms in total. The zero-order chi connectivity index (χ0) is 10.1. The Bertz CT molecular complexity index is 350. The summed E-state index contributed by atoms with van der Waals surface area (Å²) in [5.41, 5.74) is 6.53. The fourth-order valence-corrected chi connectivity index (χ4v) is 3.26. The Morgan fingerprint density at radius 2 is 2.14 bits per heavy atom. The molecular weight excluding hydrogens is 194 g/mol. The predicted octanol–water partition coefficient (Wildman–Crippen LogP) is 3.19. The maximum absolute atomic E-state index is 11.2. The van der Waals surface area contributed by atoms with Crippen LogP contribution in [0.25, 0.3) is 0 Å². The number of carbonyl (C=O) groups excluding carboxylic acids is 1. The maximum Gasteiger partial charge on any atom is 0.162 e. The van der Waals surface area contributed by atoms with Gasteiger partial charge in [0.15, 0.2) is 5.78 Å². The van der Waals surface area contributed by atoms with E-state index in [9.17, 15) is 4.79 Å². The Kier molecular flexibility index (Phi) is 2.59. The van der Waals surface area contributed by atoms with Crippen molar-refractivity contribution in [3.05, 3.63) is 16.5 Å². The van der Waals surface area contributed by atoms with Crippen LogP contribution in [0.4, 0.5) is 5.00 Å². The average Bonchev–Trinajstić information content (AvgIpc) is 2.70. The fourth-order valence-electron chi connectivity index (χ4n) is 2.11. The van der Waals surface area contributed by atoms with E-state index < -0.39 is 0 Å². The summed E-state index contributed by atoms with van der Waals surface area (Å²) >= 11 is 1.60. The van der Waals surface area contributed by atoms with Gasteiger partial charge in [-0.05, 0) is 31.7 Å². The monoisotopic (exact) mass is 209 g/mol. The number of hydrogen-bond donors (Lipinski definition) is 1. The Labute approximate surface area is 88.1 Å². The highest BCUT2D eigenvalue weighted by molar-refractivity contribution is 7.16. The summed E-state index contributed by atoms with van der Waals surface area (Å²) in [7, 11) is 0. The minimum atomic E-state index is 0.0861. The van der Waals surface area contributed by atoms with Crippen molar-refractivity contribution in [3.8, 4) is 0 Å². The summed E-state index contributed by atoms with van der Waals surface area (Å²) in [6.45, 7) is 1.58. The third kappa shape index (κ3) is 1.69. The van der Waals surface area contributed by atoms with Crippen LogP contribution in [0.2, 0.25) is 0 Å². The highest BCUT2D eigenvalue weighted by Crippen LogP contribution is 2.40. The zero-order valence-corrected chi connectivity index (χ0v) is 9.19. The molecule has 1 saturated carbocycles. The van der Waals surface area contributed by atoms with E-state index in [0.29, 0.717) is 10.9 Å². The quantitative estimate of drug-likeness (QED) is 0.760. The van der Waals surface area contributed by atoms with Gasteiger partial charge in [0.25, 0.3) is 0 Å². The lowest BCUT2D eigenvalue weighted by Gasteiger charge is -2.03.